The van der Waals surface area contributed by atoms with Gasteiger partial charge in [0.15, 0.2) is 0 Å². The lowest BCUT2D eigenvalue weighted by molar-refractivity contribution is 0.0595. The Balaban J connectivity index is 2.21. The van der Waals surface area contributed by atoms with Gasteiger partial charge in [-0.3, -0.25) is 0 Å². The van der Waals surface area contributed by atoms with Crippen molar-refractivity contribution in [2.45, 2.75) is 13.5 Å². The Bertz CT molecular complexity index is 671. The molecule has 0 aliphatic heterocycles. The standard InChI is InChI=1S/C16H16FNO3/c1-10-7-12(17)4-3-11(10)9-21-15-6-5-13(18)8-14(15)16(19)20-2/h3-8H,9,18H2,1-2H3. The van der Waals surface area contributed by atoms with Crippen molar-refractivity contribution < 1.29 is 18.7 Å². The summed E-state index contributed by atoms with van der Waals surface area (Å²) in [6.45, 7) is 2.02. The summed E-state index contributed by atoms with van der Waals surface area (Å²) in [5.74, 6) is -0.438. The summed E-state index contributed by atoms with van der Waals surface area (Å²) in [5, 5.41) is 0. The molecule has 21 heavy (non-hydrogen) atoms. The Morgan fingerprint density at radius 3 is 2.67 bits per heavy atom. The van der Waals surface area contributed by atoms with Crippen molar-refractivity contribution >= 4 is 11.7 Å². The third kappa shape index (κ3) is 3.51. The molecule has 110 valence electrons. The molecule has 0 saturated heterocycles. The second-order valence-electron chi connectivity index (χ2n) is 4.61. The molecule has 2 N–H and O–H groups in total. The molecular formula is C16H16FNO3. The third-order valence-corrected chi connectivity index (χ3v) is 3.10. The van der Waals surface area contributed by atoms with Crippen LogP contribution in [-0.4, -0.2) is 13.1 Å². The number of carbonyl (C=O) groups is 1. The number of anilines is 1. The van der Waals surface area contributed by atoms with Crippen LogP contribution < -0.4 is 10.5 Å². The summed E-state index contributed by atoms with van der Waals surface area (Å²) in [4.78, 5) is 11.7. The van der Waals surface area contributed by atoms with Gasteiger partial charge < -0.3 is 15.2 Å². The fourth-order valence-corrected chi connectivity index (χ4v) is 1.92. The Hall–Kier alpha value is -2.56. The second kappa shape index (κ2) is 6.26. The van der Waals surface area contributed by atoms with Crippen LogP contribution in [-0.2, 0) is 11.3 Å². The van der Waals surface area contributed by atoms with Gasteiger partial charge in [-0.1, -0.05) is 6.07 Å². The zero-order chi connectivity index (χ0) is 15.4. The van der Waals surface area contributed by atoms with Crippen LogP contribution >= 0.6 is 0 Å². The maximum absolute atomic E-state index is 13.1. The number of rotatable bonds is 4. The Morgan fingerprint density at radius 2 is 2.00 bits per heavy atom. The molecule has 0 aliphatic carbocycles. The van der Waals surface area contributed by atoms with Gasteiger partial charge in [0.25, 0.3) is 0 Å². The minimum absolute atomic E-state index is 0.222. The molecule has 0 saturated carbocycles. The van der Waals surface area contributed by atoms with E-state index in [9.17, 15) is 9.18 Å². The summed E-state index contributed by atoms with van der Waals surface area (Å²) in [7, 11) is 1.29. The van der Waals surface area contributed by atoms with E-state index in [2.05, 4.69) is 0 Å². The number of aryl methyl sites for hydroxylation is 1. The normalized spacial score (nSPS) is 10.2. The Kier molecular flexibility index (Phi) is 4.42. The first-order valence-corrected chi connectivity index (χ1v) is 6.37. The number of halogens is 1. The van der Waals surface area contributed by atoms with Crippen LogP contribution in [0.5, 0.6) is 5.75 Å². The fraction of sp³-hybridized carbons (Fsp3) is 0.188. The molecule has 0 heterocycles. The summed E-state index contributed by atoms with van der Waals surface area (Å²) in [6, 6.07) is 9.21. The zero-order valence-electron chi connectivity index (χ0n) is 11.9. The van der Waals surface area contributed by atoms with Gasteiger partial charge in [-0.05, 0) is 48.4 Å². The van der Waals surface area contributed by atoms with E-state index >= 15 is 0 Å². The summed E-state index contributed by atoms with van der Waals surface area (Å²) in [5.41, 5.74) is 7.99. The van der Waals surface area contributed by atoms with Gasteiger partial charge in [0, 0.05) is 5.69 Å². The Labute approximate surface area is 122 Å². The van der Waals surface area contributed by atoms with Gasteiger partial charge in [-0.15, -0.1) is 0 Å². The van der Waals surface area contributed by atoms with Gasteiger partial charge >= 0.3 is 5.97 Å². The van der Waals surface area contributed by atoms with Gasteiger partial charge in [0.05, 0.1) is 7.11 Å². The van der Waals surface area contributed by atoms with E-state index in [0.29, 0.717) is 11.4 Å². The summed E-state index contributed by atoms with van der Waals surface area (Å²) < 4.78 is 23.4. The lowest BCUT2D eigenvalue weighted by Gasteiger charge is -2.12. The molecule has 0 spiro atoms. The van der Waals surface area contributed by atoms with Crippen molar-refractivity contribution in [1.82, 2.24) is 0 Å². The van der Waals surface area contributed by atoms with Crippen molar-refractivity contribution in [3.05, 3.63) is 58.9 Å². The first-order valence-electron chi connectivity index (χ1n) is 6.37. The van der Waals surface area contributed by atoms with Crippen LogP contribution in [0.2, 0.25) is 0 Å². The molecule has 0 aliphatic rings. The number of methoxy groups -OCH3 is 1. The average molecular weight is 289 g/mol. The van der Waals surface area contributed by atoms with Crippen LogP contribution in [0.1, 0.15) is 21.5 Å². The first kappa shape index (κ1) is 14.8. The van der Waals surface area contributed by atoms with Crippen molar-refractivity contribution in [1.29, 1.82) is 0 Å². The highest BCUT2D eigenvalue weighted by atomic mass is 19.1. The van der Waals surface area contributed by atoms with E-state index in [-0.39, 0.29) is 18.0 Å². The van der Waals surface area contributed by atoms with Crippen molar-refractivity contribution in [3.63, 3.8) is 0 Å². The molecule has 0 radical (unpaired) electrons. The topological polar surface area (TPSA) is 61.5 Å². The molecule has 2 rings (SSSR count). The third-order valence-electron chi connectivity index (χ3n) is 3.10. The average Bonchev–Trinajstić information content (AvgIpc) is 2.46. The number of hydrogen-bond acceptors (Lipinski definition) is 4. The monoisotopic (exact) mass is 289 g/mol. The summed E-state index contributed by atoms with van der Waals surface area (Å²) >= 11 is 0. The number of nitrogens with two attached hydrogens (primary N) is 1. The van der Waals surface area contributed by atoms with E-state index in [1.165, 1.54) is 25.3 Å². The maximum atomic E-state index is 13.1. The van der Waals surface area contributed by atoms with E-state index in [0.717, 1.165) is 11.1 Å². The van der Waals surface area contributed by atoms with Crippen LogP contribution in [0.3, 0.4) is 0 Å². The highest BCUT2D eigenvalue weighted by Crippen LogP contribution is 2.24. The van der Waals surface area contributed by atoms with E-state index in [1.807, 2.05) is 0 Å². The quantitative estimate of drug-likeness (QED) is 0.694. The lowest BCUT2D eigenvalue weighted by Crippen LogP contribution is -2.07. The van der Waals surface area contributed by atoms with Gasteiger partial charge in [-0.2, -0.15) is 0 Å². The van der Waals surface area contributed by atoms with Gasteiger partial charge in [-0.25, -0.2) is 9.18 Å². The molecule has 0 aromatic heterocycles. The van der Waals surface area contributed by atoms with Crippen LogP contribution in [0.4, 0.5) is 10.1 Å². The highest BCUT2D eigenvalue weighted by molar-refractivity contribution is 5.93. The van der Waals surface area contributed by atoms with Crippen molar-refractivity contribution in [2.75, 3.05) is 12.8 Å². The number of hydrogen-bond donors (Lipinski definition) is 1. The zero-order valence-corrected chi connectivity index (χ0v) is 11.9. The smallest absolute Gasteiger partial charge is 0.341 e. The largest absolute Gasteiger partial charge is 0.488 e. The molecule has 2 aromatic rings. The molecule has 0 atom stereocenters. The molecule has 5 heteroatoms. The van der Waals surface area contributed by atoms with Crippen LogP contribution in [0, 0.1) is 12.7 Å². The number of nitrogen functional groups attached to an aromatic ring is 1. The van der Waals surface area contributed by atoms with E-state index in [1.54, 1.807) is 25.1 Å². The second-order valence-corrected chi connectivity index (χ2v) is 4.61. The molecule has 2 aromatic carbocycles. The van der Waals surface area contributed by atoms with Crippen molar-refractivity contribution in [3.8, 4) is 5.75 Å². The minimum atomic E-state index is -0.520. The molecule has 0 fully saturated rings. The number of carbonyl (C=O) groups excluding carboxylic acids is 1. The highest BCUT2D eigenvalue weighted by Gasteiger charge is 2.14. The van der Waals surface area contributed by atoms with E-state index in [4.69, 9.17) is 15.2 Å². The Morgan fingerprint density at radius 1 is 1.24 bits per heavy atom. The van der Waals surface area contributed by atoms with Crippen LogP contribution in [0.25, 0.3) is 0 Å². The van der Waals surface area contributed by atoms with Crippen molar-refractivity contribution in [2.24, 2.45) is 0 Å². The maximum Gasteiger partial charge on any atom is 0.341 e. The number of esters is 1. The molecular weight excluding hydrogens is 273 g/mol. The van der Waals surface area contributed by atoms with Gasteiger partial charge in [0.2, 0.25) is 0 Å². The molecule has 4 nitrogen and oxygen atoms in total. The van der Waals surface area contributed by atoms with E-state index < -0.39 is 5.97 Å². The minimum Gasteiger partial charge on any atom is -0.488 e. The van der Waals surface area contributed by atoms with Gasteiger partial charge in [0.1, 0.15) is 23.7 Å². The predicted molar refractivity (Wildman–Crippen MR) is 77.7 cm³/mol. The fourth-order valence-electron chi connectivity index (χ4n) is 1.92. The molecule has 0 unspecified atom stereocenters. The first-order chi connectivity index (χ1) is 10.0. The number of ether oxygens (including phenoxy) is 2. The van der Waals surface area contributed by atoms with Crippen LogP contribution in [0.15, 0.2) is 36.4 Å². The SMILES string of the molecule is COC(=O)c1cc(N)ccc1OCc1ccc(F)cc1C. The summed E-state index contributed by atoms with van der Waals surface area (Å²) in [6.07, 6.45) is 0. The molecule has 0 bridgehead atoms. The number of benzene rings is 2. The predicted octanol–water partition coefficient (Wildman–Crippen LogP) is 3.08. The molecule has 0 amide bonds. The lowest BCUT2D eigenvalue weighted by atomic mass is 10.1.